The summed E-state index contributed by atoms with van der Waals surface area (Å²) >= 11 is 0. The third-order valence-electron chi connectivity index (χ3n) is 2.28. The van der Waals surface area contributed by atoms with Crippen molar-refractivity contribution in [3.8, 4) is 5.75 Å². The first-order valence-electron chi connectivity index (χ1n) is 4.85. The van der Waals surface area contributed by atoms with E-state index >= 15 is 0 Å². The molecule has 0 N–H and O–H groups in total. The minimum Gasteiger partial charge on any atom is -0.493 e. The summed E-state index contributed by atoms with van der Waals surface area (Å²) in [4.78, 5) is 0. The predicted octanol–water partition coefficient (Wildman–Crippen LogP) is 3.43. The standard InChI is InChI=1S/C13H14O/c1-10(2)9-11-7-8-14-13-6-4-3-5-12(11)13/h3-6,9H,1,7-8H2,2H3/b11-9-. The fourth-order valence-corrected chi connectivity index (χ4v) is 1.71. The summed E-state index contributed by atoms with van der Waals surface area (Å²) in [5, 5.41) is 0. The van der Waals surface area contributed by atoms with Crippen molar-refractivity contribution in [2.24, 2.45) is 0 Å². The van der Waals surface area contributed by atoms with Crippen LogP contribution in [0.25, 0.3) is 5.57 Å². The van der Waals surface area contributed by atoms with Gasteiger partial charge in [0.1, 0.15) is 5.75 Å². The van der Waals surface area contributed by atoms with Crippen LogP contribution in [0.2, 0.25) is 0 Å². The lowest BCUT2D eigenvalue weighted by atomic mass is 9.98. The molecule has 14 heavy (non-hydrogen) atoms. The van der Waals surface area contributed by atoms with E-state index in [1.54, 1.807) is 0 Å². The van der Waals surface area contributed by atoms with Crippen LogP contribution in [-0.2, 0) is 0 Å². The number of rotatable bonds is 1. The van der Waals surface area contributed by atoms with Gasteiger partial charge >= 0.3 is 0 Å². The van der Waals surface area contributed by atoms with E-state index in [1.807, 2.05) is 25.1 Å². The molecule has 1 aromatic rings. The number of hydrogen-bond donors (Lipinski definition) is 0. The van der Waals surface area contributed by atoms with Gasteiger partial charge in [0, 0.05) is 12.0 Å². The Hall–Kier alpha value is -1.50. The zero-order valence-corrected chi connectivity index (χ0v) is 8.42. The molecule has 0 aromatic heterocycles. The predicted molar refractivity (Wildman–Crippen MR) is 59.3 cm³/mol. The van der Waals surface area contributed by atoms with E-state index in [9.17, 15) is 0 Å². The van der Waals surface area contributed by atoms with Gasteiger partial charge in [-0.2, -0.15) is 0 Å². The second-order valence-electron chi connectivity index (χ2n) is 3.61. The average molecular weight is 186 g/mol. The lowest BCUT2D eigenvalue weighted by Crippen LogP contribution is -2.07. The first-order chi connectivity index (χ1) is 6.77. The van der Waals surface area contributed by atoms with Crippen LogP contribution >= 0.6 is 0 Å². The third kappa shape index (κ3) is 1.72. The van der Waals surface area contributed by atoms with Crippen LogP contribution < -0.4 is 4.74 Å². The number of fused-ring (bicyclic) bond motifs is 1. The van der Waals surface area contributed by atoms with Crippen LogP contribution in [0.5, 0.6) is 5.75 Å². The van der Waals surface area contributed by atoms with Gasteiger partial charge in [-0.15, -0.1) is 0 Å². The van der Waals surface area contributed by atoms with Crippen LogP contribution in [0.1, 0.15) is 18.9 Å². The van der Waals surface area contributed by atoms with Gasteiger partial charge in [-0.3, -0.25) is 0 Å². The maximum absolute atomic E-state index is 5.56. The van der Waals surface area contributed by atoms with Crippen molar-refractivity contribution >= 4 is 5.57 Å². The van der Waals surface area contributed by atoms with Crippen molar-refractivity contribution in [2.75, 3.05) is 6.61 Å². The molecule has 1 heteroatoms. The van der Waals surface area contributed by atoms with E-state index in [4.69, 9.17) is 4.74 Å². The van der Waals surface area contributed by atoms with Crippen molar-refractivity contribution in [3.05, 3.63) is 48.1 Å². The molecule has 0 aliphatic carbocycles. The fraction of sp³-hybridized carbons (Fsp3) is 0.231. The lowest BCUT2D eigenvalue weighted by Gasteiger charge is -2.19. The molecule has 0 saturated carbocycles. The highest BCUT2D eigenvalue weighted by molar-refractivity contribution is 5.73. The Morgan fingerprint density at radius 3 is 3.00 bits per heavy atom. The molecule has 1 aliphatic heterocycles. The summed E-state index contributed by atoms with van der Waals surface area (Å²) in [5.74, 6) is 0.992. The third-order valence-corrected chi connectivity index (χ3v) is 2.28. The Kier molecular flexibility index (Phi) is 2.40. The molecule has 1 heterocycles. The molecule has 72 valence electrons. The van der Waals surface area contributed by atoms with E-state index in [0.29, 0.717) is 0 Å². The quantitative estimate of drug-likeness (QED) is 0.653. The lowest BCUT2D eigenvalue weighted by molar-refractivity contribution is 0.316. The van der Waals surface area contributed by atoms with E-state index in [1.165, 1.54) is 11.1 Å². The van der Waals surface area contributed by atoms with Gasteiger partial charge in [-0.1, -0.05) is 36.4 Å². The van der Waals surface area contributed by atoms with Gasteiger partial charge in [-0.05, 0) is 18.6 Å². The molecule has 1 nitrogen and oxygen atoms in total. The molecular weight excluding hydrogens is 172 g/mol. The van der Waals surface area contributed by atoms with Crippen molar-refractivity contribution < 1.29 is 4.74 Å². The van der Waals surface area contributed by atoms with E-state index < -0.39 is 0 Å². The summed E-state index contributed by atoms with van der Waals surface area (Å²) in [6, 6.07) is 8.16. The van der Waals surface area contributed by atoms with Crippen LogP contribution in [0.15, 0.2) is 42.5 Å². The maximum atomic E-state index is 5.56. The highest BCUT2D eigenvalue weighted by atomic mass is 16.5. The van der Waals surface area contributed by atoms with Gasteiger partial charge in [0.25, 0.3) is 0 Å². The summed E-state index contributed by atoms with van der Waals surface area (Å²) in [6.45, 7) is 6.70. The molecule has 0 saturated heterocycles. The zero-order chi connectivity index (χ0) is 9.97. The molecule has 1 aromatic carbocycles. The number of ether oxygens (including phenoxy) is 1. The molecular formula is C13H14O. The van der Waals surface area contributed by atoms with Crippen LogP contribution in [0.3, 0.4) is 0 Å². The smallest absolute Gasteiger partial charge is 0.126 e. The Labute approximate surface area is 84.7 Å². The Morgan fingerprint density at radius 1 is 1.43 bits per heavy atom. The molecule has 0 bridgehead atoms. The largest absolute Gasteiger partial charge is 0.493 e. The zero-order valence-electron chi connectivity index (χ0n) is 8.42. The summed E-state index contributed by atoms with van der Waals surface area (Å²) in [6.07, 6.45) is 3.12. The van der Waals surface area contributed by atoms with Crippen LogP contribution in [-0.4, -0.2) is 6.61 Å². The highest BCUT2D eigenvalue weighted by Crippen LogP contribution is 2.32. The number of allylic oxidation sites excluding steroid dienone is 2. The minimum atomic E-state index is 0.774. The number of benzene rings is 1. The van der Waals surface area contributed by atoms with Gasteiger partial charge in [-0.25, -0.2) is 0 Å². The van der Waals surface area contributed by atoms with Crippen molar-refractivity contribution in [2.45, 2.75) is 13.3 Å². The fourth-order valence-electron chi connectivity index (χ4n) is 1.71. The first-order valence-corrected chi connectivity index (χ1v) is 4.85. The highest BCUT2D eigenvalue weighted by Gasteiger charge is 2.13. The molecule has 2 rings (SSSR count). The topological polar surface area (TPSA) is 9.23 Å². The first kappa shape index (κ1) is 9.07. The van der Waals surface area contributed by atoms with Crippen molar-refractivity contribution in [1.29, 1.82) is 0 Å². The van der Waals surface area contributed by atoms with Crippen molar-refractivity contribution in [3.63, 3.8) is 0 Å². The Morgan fingerprint density at radius 2 is 2.21 bits per heavy atom. The van der Waals surface area contributed by atoms with E-state index in [-0.39, 0.29) is 0 Å². The Balaban J connectivity index is 2.45. The number of para-hydroxylation sites is 1. The van der Waals surface area contributed by atoms with E-state index in [0.717, 1.165) is 24.4 Å². The van der Waals surface area contributed by atoms with Crippen LogP contribution in [0.4, 0.5) is 0 Å². The summed E-state index contributed by atoms with van der Waals surface area (Å²) in [5.41, 5.74) is 3.64. The van der Waals surface area contributed by atoms with E-state index in [2.05, 4.69) is 18.7 Å². The summed E-state index contributed by atoms with van der Waals surface area (Å²) in [7, 11) is 0. The monoisotopic (exact) mass is 186 g/mol. The molecule has 0 unspecified atom stereocenters. The maximum Gasteiger partial charge on any atom is 0.126 e. The normalized spacial score (nSPS) is 17.4. The molecule has 0 spiro atoms. The minimum absolute atomic E-state index is 0.774. The molecule has 0 radical (unpaired) electrons. The number of hydrogen-bond acceptors (Lipinski definition) is 1. The van der Waals surface area contributed by atoms with Gasteiger partial charge in [0.05, 0.1) is 6.61 Å². The molecule has 1 aliphatic rings. The average Bonchev–Trinajstić information content (AvgIpc) is 2.18. The second-order valence-corrected chi connectivity index (χ2v) is 3.61. The second kappa shape index (κ2) is 3.70. The van der Waals surface area contributed by atoms with Crippen molar-refractivity contribution in [1.82, 2.24) is 0 Å². The molecule has 0 amide bonds. The Bertz CT molecular complexity index is 388. The summed E-state index contributed by atoms with van der Waals surface area (Å²) < 4.78 is 5.56. The molecule has 0 atom stereocenters. The van der Waals surface area contributed by atoms with Gasteiger partial charge in [0.15, 0.2) is 0 Å². The van der Waals surface area contributed by atoms with Gasteiger partial charge < -0.3 is 4.74 Å². The molecule has 0 fully saturated rings. The van der Waals surface area contributed by atoms with Gasteiger partial charge in [0.2, 0.25) is 0 Å². The SMILES string of the molecule is C=C(C)/C=C1/CCOc2ccccc21. The van der Waals surface area contributed by atoms with Crippen LogP contribution in [0, 0.1) is 0 Å².